The number of nitrogens with zero attached hydrogens (tertiary/aromatic N) is 2. The lowest BCUT2D eigenvalue weighted by molar-refractivity contribution is 0.370. The van der Waals surface area contributed by atoms with Gasteiger partial charge in [-0.2, -0.15) is 0 Å². The average molecular weight is 270 g/mol. The van der Waals surface area contributed by atoms with E-state index in [1.165, 1.54) is 30.8 Å². The maximum absolute atomic E-state index is 5.76. The fourth-order valence-corrected chi connectivity index (χ4v) is 3.05. The highest BCUT2D eigenvalue weighted by atomic mass is 79.9. The number of rotatable bonds is 2. The molecule has 3 nitrogen and oxygen atoms in total. The Hall–Kier alpha value is -0.350. The van der Waals surface area contributed by atoms with E-state index in [-0.39, 0.29) is 0 Å². The van der Waals surface area contributed by atoms with Crippen molar-refractivity contribution in [2.24, 2.45) is 11.7 Å². The van der Waals surface area contributed by atoms with Crippen molar-refractivity contribution in [3.8, 4) is 0 Å². The van der Waals surface area contributed by atoms with E-state index in [0.717, 1.165) is 30.0 Å². The van der Waals surface area contributed by atoms with Crippen LogP contribution in [-0.4, -0.2) is 16.1 Å². The minimum atomic E-state index is 0.649. The lowest BCUT2D eigenvalue weighted by Gasteiger charge is -2.24. The first-order valence-electron chi connectivity index (χ1n) is 5.74. The van der Waals surface area contributed by atoms with Crippen LogP contribution in [0.25, 0.3) is 0 Å². The van der Waals surface area contributed by atoms with Crippen molar-refractivity contribution in [1.29, 1.82) is 0 Å². The summed E-state index contributed by atoms with van der Waals surface area (Å²) in [6.07, 6.45) is 4.97. The fraction of sp³-hybridized carbons (Fsp3) is 0.727. The molecule has 0 aromatic carbocycles. The van der Waals surface area contributed by atoms with Crippen LogP contribution in [0.1, 0.15) is 36.7 Å². The normalized spacial score (nSPS) is 25.3. The molecule has 2 N–H and O–H groups in total. The first-order valence-corrected chi connectivity index (χ1v) is 6.53. The van der Waals surface area contributed by atoms with Crippen molar-refractivity contribution in [3.63, 3.8) is 0 Å². The quantitative estimate of drug-likeness (QED) is 0.893. The van der Waals surface area contributed by atoms with Gasteiger partial charge in [-0.15, -0.1) is 0 Å². The van der Waals surface area contributed by atoms with E-state index < -0.39 is 0 Å². The Morgan fingerprint density at radius 2 is 2.20 bits per heavy atom. The fourth-order valence-electron chi connectivity index (χ4n) is 2.45. The van der Waals surface area contributed by atoms with Crippen LogP contribution in [0.4, 0.5) is 0 Å². The third kappa shape index (κ3) is 1.64. The van der Waals surface area contributed by atoms with Crippen LogP contribution in [0.2, 0.25) is 0 Å². The molecule has 1 aromatic rings. The summed E-state index contributed by atoms with van der Waals surface area (Å²) in [5.74, 6) is 2.68. The number of fused-ring (bicyclic) bond motifs is 1. The molecule has 3 rings (SSSR count). The van der Waals surface area contributed by atoms with E-state index in [1.807, 2.05) is 0 Å². The average Bonchev–Trinajstić information content (AvgIpc) is 3.04. The molecule has 0 bridgehead atoms. The standard InChI is InChI=1S/C11H16BrN3/c12-10-9-4-1-7(5-13)6-15(9)11(14-10)8-2-3-8/h7-8H,1-6,13H2. The summed E-state index contributed by atoms with van der Waals surface area (Å²) >= 11 is 3.58. The van der Waals surface area contributed by atoms with E-state index in [4.69, 9.17) is 5.73 Å². The smallest absolute Gasteiger partial charge is 0.127 e. The van der Waals surface area contributed by atoms with Gasteiger partial charge < -0.3 is 10.3 Å². The highest BCUT2D eigenvalue weighted by Crippen LogP contribution is 2.42. The highest BCUT2D eigenvalue weighted by Gasteiger charge is 2.32. The minimum absolute atomic E-state index is 0.649. The van der Waals surface area contributed by atoms with Crippen LogP contribution < -0.4 is 5.73 Å². The summed E-state index contributed by atoms with van der Waals surface area (Å²) in [7, 11) is 0. The van der Waals surface area contributed by atoms with Crippen molar-refractivity contribution in [1.82, 2.24) is 9.55 Å². The predicted octanol–water partition coefficient (Wildman–Crippen LogP) is 2.04. The maximum Gasteiger partial charge on any atom is 0.127 e. The summed E-state index contributed by atoms with van der Waals surface area (Å²) in [6.45, 7) is 1.88. The molecule has 2 heterocycles. The molecule has 0 spiro atoms. The van der Waals surface area contributed by atoms with Gasteiger partial charge in [0, 0.05) is 12.5 Å². The summed E-state index contributed by atoms with van der Waals surface area (Å²) in [6, 6.07) is 0. The Morgan fingerprint density at radius 1 is 1.40 bits per heavy atom. The van der Waals surface area contributed by atoms with Crippen LogP contribution in [0.3, 0.4) is 0 Å². The van der Waals surface area contributed by atoms with Gasteiger partial charge in [-0.25, -0.2) is 4.98 Å². The zero-order valence-electron chi connectivity index (χ0n) is 8.75. The van der Waals surface area contributed by atoms with Crippen molar-refractivity contribution in [2.75, 3.05) is 6.54 Å². The summed E-state index contributed by atoms with van der Waals surface area (Å²) < 4.78 is 3.49. The van der Waals surface area contributed by atoms with Gasteiger partial charge in [-0.3, -0.25) is 0 Å². The third-order valence-electron chi connectivity index (χ3n) is 3.56. The van der Waals surface area contributed by atoms with Crippen LogP contribution in [-0.2, 0) is 13.0 Å². The van der Waals surface area contributed by atoms with Gasteiger partial charge in [0.1, 0.15) is 10.4 Å². The Kier molecular flexibility index (Phi) is 2.36. The lowest BCUT2D eigenvalue weighted by Crippen LogP contribution is -2.27. The van der Waals surface area contributed by atoms with Gasteiger partial charge in [0.15, 0.2) is 0 Å². The second-order valence-electron chi connectivity index (χ2n) is 4.73. The molecule has 1 unspecified atom stereocenters. The van der Waals surface area contributed by atoms with Gasteiger partial charge in [0.2, 0.25) is 0 Å². The number of nitrogens with two attached hydrogens (primary N) is 1. The third-order valence-corrected chi connectivity index (χ3v) is 4.19. The Morgan fingerprint density at radius 3 is 2.87 bits per heavy atom. The van der Waals surface area contributed by atoms with Crippen LogP contribution >= 0.6 is 15.9 Å². The second kappa shape index (κ2) is 3.59. The first kappa shape index (κ1) is 9.85. The van der Waals surface area contributed by atoms with Gasteiger partial charge in [0.05, 0.1) is 5.69 Å². The number of aromatic nitrogens is 2. The van der Waals surface area contributed by atoms with Gasteiger partial charge in [-0.05, 0) is 54.1 Å². The molecule has 82 valence electrons. The van der Waals surface area contributed by atoms with Crippen molar-refractivity contribution < 1.29 is 0 Å². The van der Waals surface area contributed by atoms with Crippen LogP contribution in [0.15, 0.2) is 4.60 Å². The number of halogens is 1. The van der Waals surface area contributed by atoms with E-state index in [0.29, 0.717) is 5.92 Å². The second-order valence-corrected chi connectivity index (χ2v) is 5.48. The molecule has 0 radical (unpaired) electrons. The zero-order valence-corrected chi connectivity index (χ0v) is 10.3. The molecule has 1 aromatic heterocycles. The maximum atomic E-state index is 5.76. The molecule has 2 aliphatic rings. The van der Waals surface area contributed by atoms with Gasteiger partial charge in [0.25, 0.3) is 0 Å². The molecular weight excluding hydrogens is 254 g/mol. The molecule has 0 saturated heterocycles. The van der Waals surface area contributed by atoms with Gasteiger partial charge in [-0.1, -0.05) is 0 Å². The van der Waals surface area contributed by atoms with Crippen molar-refractivity contribution >= 4 is 15.9 Å². The Balaban J connectivity index is 1.98. The number of imidazole rings is 1. The molecule has 1 atom stereocenters. The molecule has 1 saturated carbocycles. The molecular formula is C11H16BrN3. The summed E-state index contributed by atoms with van der Waals surface area (Å²) in [5, 5.41) is 0. The topological polar surface area (TPSA) is 43.8 Å². The van der Waals surface area contributed by atoms with E-state index >= 15 is 0 Å². The molecule has 0 amide bonds. The van der Waals surface area contributed by atoms with Crippen molar-refractivity contribution in [2.45, 2.75) is 38.1 Å². The molecule has 1 aliphatic carbocycles. The predicted molar refractivity (Wildman–Crippen MR) is 62.8 cm³/mol. The largest absolute Gasteiger partial charge is 0.330 e. The van der Waals surface area contributed by atoms with E-state index in [9.17, 15) is 0 Å². The zero-order chi connectivity index (χ0) is 10.4. The SMILES string of the molecule is NCC1CCc2c(Br)nc(C3CC3)n2C1. The van der Waals surface area contributed by atoms with E-state index in [2.05, 4.69) is 25.5 Å². The summed E-state index contributed by atoms with van der Waals surface area (Å²) in [4.78, 5) is 4.66. The number of hydrogen-bond donors (Lipinski definition) is 1. The Labute approximate surface area is 98.2 Å². The molecule has 1 fully saturated rings. The molecule has 4 heteroatoms. The summed E-state index contributed by atoms with van der Waals surface area (Å²) in [5.41, 5.74) is 7.15. The molecule has 1 aliphatic heterocycles. The van der Waals surface area contributed by atoms with E-state index in [1.54, 1.807) is 0 Å². The van der Waals surface area contributed by atoms with Crippen molar-refractivity contribution in [3.05, 3.63) is 16.1 Å². The monoisotopic (exact) mass is 269 g/mol. The Bertz CT molecular complexity index is 381. The highest BCUT2D eigenvalue weighted by molar-refractivity contribution is 9.10. The first-order chi connectivity index (χ1) is 7.29. The minimum Gasteiger partial charge on any atom is -0.330 e. The lowest BCUT2D eigenvalue weighted by atomic mass is 9.98. The van der Waals surface area contributed by atoms with Gasteiger partial charge >= 0.3 is 0 Å². The van der Waals surface area contributed by atoms with Crippen LogP contribution in [0, 0.1) is 5.92 Å². The number of hydrogen-bond acceptors (Lipinski definition) is 2. The molecule has 15 heavy (non-hydrogen) atoms. The van der Waals surface area contributed by atoms with Crippen LogP contribution in [0.5, 0.6) is 0 Å².